The molecule has 136 valence electrons. The molecule has 1 aliphatic carbocycles. The number of benzene rings is 2. The average molecular weight is 350 g/mol. The number of rotatable bonds is 5. The van der Waals surface area contributed by atoms with Crippen LogP contribution in [0.25, 0.3) is 0 Å². The molecule has 2 aliphatic rings. The van der Waals surface area contributed by atoms with Crippen LogP contribution in [-0.2, 0) is 0 Å². The molecule has 2 fully saturated rings. The highest BCUT2D eigenvalue weighted by Crippen LogP contribution is 2.41. The van der Waals surface area contributed by atoms with E-state index in [0.29, 0.717) is 5.92 Å². The van der Waals surface area contributed by atoms with E-state index in [9.17, 15) is 4.79 Å². The predicted molar refractivity (Wildman–Crippen MR) is 102 cm³/mol. The third-order valence-corrected chi connectivity index (χ3v) is 5.55. The van der Waals surface area contributed by atoms with Crippen molar-refractivity contribution in [1.82, 2.24) is 10.2 Å². The summed E-state index contributed by atoms with van der Waals surface area (Å²) in [6.07, 6.45) is 4.45. The van der Waals surface area contributed by atoms with Crippen LogP contribution in [0.5, 0.6) is 5.75 Å². The first-order valence-corrected chi connectivity index (χ1v) is 9.52. The van der Waals surface area contributed by atoms with Crippen LogP contribution in [0.15, 0.2) is 54.6 Å². The zero-order chi connectivity index (χ0) is 17.9. The van der Waals surface area contributed by atoms with Crippen molar-refractivity contribution >= 4 is 6.03 Å². The van der Waals surface area contributed by atoms with Crippen LogP contribution < -0.4 is 10.1 Å². The van der Waals surface area contributed by atoms with Crippen molar-refractivity contribution in [3.8, 4) is 5.75 Å². The molecule has 2 amide bonds. The quantitative estimate of drug-likeness (QED) is 0.850. The van der Waals surface area contributed by atoms with Gasteiger partial charge < -0.3 is 15.0 Å². The lowest BCUT2D eigenvalue weighted by Crippen LogP contribution is -2.41. The zero-order valence-corrected chi connectivity index (χ0v) is 15.2. The highest BCUT2D eigenvalue weighted by molar-refractivity contribution is 5.75. The second-order valence-electron chi connectivity index (χ2n) is 7.30. The molecule has 1 heterocycles. The van der Waals surface area contributed by atoms with Crippen molar-refractivity contribution in [3.05, 3.63) is 65.7 Å². The number of nitrogens with one attached hydrogen (secondary N) is 1. The SMILES string of the molecule is COc1ccc(C2CCCN2C(=O)NC(c2ccccc2)C2CC2)cc1. The lowest BCUT2D eigenvalue weighted by Gasteiger charge is -2.28. The molecule has 1 aliphatic heterocycles. The number of hydrogen-bond acceptors (Lipinski definition) is 2. The van der Waals surface area contributed by atoms with Crippen LogP contribution >= 0.6 is 0 Å². The van der Waals surface area contributed by atoms with Gasteiger partial charge in [-0.3, -0.25) is 0 Å². The maximum Gasteiger partial charge on any atom is 0.318 e. The number of likely N-dealkylation sites (tertiary alicyclic amines) is 1. The van der Waals surface area contributed by atoms with Gasteiger partial charge in [-0.2, -0.15) is 0 Å². The Kier molecular flexibility index (Phi) is 4.83. The van der Waals surface area contributed by atoms with E-state index in [1.807, 2.05) is 35.2 Å². The molecule has 26 heavy (non-hydrogen) atoms. The van der Waals surface area contributed by atoms with E-state index in [0.717, 1.165) is 25.1 Å². The van der Waals surface area contributed by atoms with Crippen molar-refractivity contribution in [3.63, 3.8) is 0 Å². The van der Waals surface area contributed by atoms with Crippen LogP contribution in [-0.4, -0.2) is 24.6 Å². The summed E-state index contributed by atoms with van der Waals surface area (Å²) < 4.78 is 5.25. The van der Waals surface area contributed by atoms with Gasteiger partial charge >= 0.3 is 6.03 Å². The Labute approximate surface area is 155 Å². The Hall–Kier alpha value is -2.49. The van der Waals surface area contributed by atoms with E-state index >= 15 is 0 Å². The highest BCUT2D eigenvalue weighted by Gasteiger charge is 2.36. The first-order chi connectivity index (χ1) is 12.8. The average Bonchev–Trinajstić information content (AvgIpc) is 3.42. The number of carbonyl (C=O) groups is 1. The number of amides is 2. The van der Waals surface area contributed by atoms with Gasteiger partial charge in [-0.1, -0.05) is 42.5 Å². The number of urea groups is 1. The van der Waals surface area contributed by atoms with Crippen molar-refractivity contribution in [1.29, 1.82) is 0 Å². The molecule has 1 N–H and O–H groups in total. The van der Waals surface area contributed by atoms with Gasteiger partial charge in [-0.25, -0.2) is 4.79 Å². The first-order valence-electron chi connectivity index (χ1n) is 9.52. The van der Waals surface area contributed by atoms with Gasteiger partial charge in [0.1, 0.15) is 5.75 Å². The van der Waals surface area contributed by atoms with Crippen molar-refractivity contribution in [2.45, 2.75) is 37.8 Å². The molecular formula is C22H26N2O2. The fraction of sp³-hybridized carbons (Fsp3) is 0.409. The van der Waals surface area contributed by atoms with E-state index < -0.39 is 0 Å². The van der Waals surface area contributed by atoms with Crippen LogP contribution in [0.4, 0.5) is 4.79 Å². The lowest BCUT2D eigenvalue weighted by atomic mass is 10.0. The molecule has 2 unspecified atom stereocenters. The molecule has 1 saturated heterocycles. The molecule has 1 saturated carbocycles. The standard InChI is InChI=1S/C22H26N2O2/c1-26-19-13-11-16(12-14-19)20-8-5-15-24(20)22(25)23-21(18-9-10-18)17-6-3-2-4-7-17/h2-4,6-7,11-14,18,20-21H,5,8-10,15H2,1H3,(H,23,25). The highest BCUT2D eigenvalue weighted by atomic mass is 16.5. The fourth-order valence-electron chi connectivity index (χ4n) is 3.96. The Balaban J connectivity index is 1.49. The van der Waals surface area contributed by atoms with Gasteiger partial charge in [0.15, 0.2) is 0 Å². The van der Waals surface area contributed by atoms with Crippen LogP contribution in [0.3, 0.4) is 0 Å². The molecule has 4 heteroatoms. The molecule has 0 spiro atoms. The summed E-state index contributed by atoms with van der Waals surface area (Å²) in [6, 6.07) is 18.8. The predicted octanol–water partition coefficient (Wildman–Crippen LogP) is 4.69. The van der Waals surface area contributed by atoms with Crippen molar-refractivity contribution < 1.29 is 9.53 Å². The Morgan fingerprint density at radius 1 is 1.08 bits per heavy atom. The summed E-state index contributed by atoms with van der Waals surface area (Å²) in [7, 11) is 1.67. The number of carbonyl (C=O) groups excluding carboxylic acids is 1. The minimum absolute atomic E-state index is 0.0593. The molecule has 0 aromatic heterocycles. The fourth-order valence-corrected chi connectivity index (χ4v) is 3.96. The monoisotopic (exact) mass is 350 g/mol. The normalized spacial score (nSPS) is 20.7. The minimum Gasteiger partial charge on any atom is -0.497 e. The largest absolute Gasteiger partial charge is 0.497 e. The molecular weight excluding hydrogens is 324 g/mol. The van der Waals surface area contributed by atoms with Gasteiger partial charge in [-0.15, -0.1) is 0 Å². The first kappa shape index (κ1) is 17.0. The zero-order valence-electron chi connectivity index (χ0n) is 15.2. The molecule has 0 radical (unpaired) electrons. The summed E-state index contributed by atoms with van der Waals surface area (Å²) in [4.78, 5) is 15.1. The van der Waals surface area contributed by atoms with E-state index in [4.69, 9.17) is 4.74 Å². The minimum atomic E-state index is 0.0593. The van der Waals surface area contributed by atoms with Gasteiger partial charge in [0.2, 0.25) is 0 Å². The van der Waals surface area contributed by atoms with E-state index in [2.05, 4.69) is 29.6 Å². The Morgan fingerprint density at radius 2 is 1.81 bits per heavy atom. The Bertz CT molecular complexity index is 740. The second-order valence-corrected chi connectivity index (χ2v) is 7.30. The van der Waals surface area contributed by atoms with Gasteiger partial charge in [0, 0.05) is 6.54 Å². The third-order valence-electron chi connectivity index (χ3n) is 5.55. The molecule has 2 atom stereocenters. The summed E-state index contributed by atoms with van der Waals surface area (Å²) in [5, 5.41) is 3.32. The van der Waals surface area contributed by atoms with Gasteiger partial charge in [-0.05, 0) is 54.9 Å². The third kappa shape index (κ3) is 3.55. The van der Waals surface area contributed by atoms with Crippen molar-refractivity contribution in [2.75, 3.05) is 13.7 Å². The summed E-state index contributed by atoms with van der Waals surface area (Å²) in [6.45, 7) is 0.814. The number of methoxy groups -OCH3 is 1. The molecule has 0 bridgehead atoms. The second kappa shape index (κ2) is 7.40. The summed E-state index contributed by atoms with van der Waals surface area (Å²) in [5.41, 5.74) is 2.39. The molecule has 2 aromatic rings. The van der Waals surface area contributed by atoms with Crippen LogP contribution in [0.1, 0.15) is 48.9 Å². The lowest BCUT2D eigenvalue weighted by molar-refractivity contribution is 0.187. The summed E-state index contributed by atoms with van der Waals surface area (Å²) in [5.74, 6) is 1.42. The number of ether oxygens (including phenoxy) is 1. The van der Waals surface area contributed by atoms with Gasteiger partial charge in [0.25, 0.3) is 0 Å². The van der Waals surface area contributed by atoms with Crippen LogP contribution in [0.2, 0.25) is 0 Å². The molecule has 4 rings (SSSR count). The Morgan fingerprint density at radius 3 is 2.46 bits per heavy atom. The van der Waals surface area contributed by atoms with E-state index in [1.54, 1.807) is 7.11 Å². The molecule has 2 aromatic carbocycles. The van der Waals surface area contributed by atoms with E-state index in [-0.39, 0.29) is 18.1 Å². The van der Waals surface area contributed by atoms with Crippen molar-refractivity contribution in [2.24, 2.45) is 5.92 Å². The van der Waals surface area contributed by atoms with Crippen LogP contribution in [0, 0.1) is 5.92 Å². The maximum absolute atomic E-state index is 13.1. The van der Waals surface area contributed by atoms with E-state index in [1.165, 1.54) is 24.0 Å². The topological polar surface area (TPSA) is 41.6 Å². The number of hydrogen-bond donors (Lipinski definition) is 1. The summed E-state index contributed by atoms with van der Waals surface area (Å²) >= 11 is 0. The molecule has 4 nitrogen and oxygen atoms in total. The maximum atomic E-state index is 13.1. The van der Waals surface area contributed by atoms with Gasteiger partial charge in [0.05, 0.1) is 19.2 Å². The smallest absolute Gasteiger partial charge is 0.318 e. The number of nitrogens with zero attached hydrogens (tertiary/aromatic N) is 1.